The Bertz CT molecular complexity index is 1060. The van der Waals surface area contributed by atoms with Gasteiger partial charge in [0, 0.05) is 28.1 Å². The Morgan fingerprint density at radius 2 is 1.75 bits per heavy atom. The van der Waals surface area contributed by atoms with Crippen LogP contribution in [0.4, 0.5) is 5.69 Å². The molecule has 1 heterocycles. The summed E-state index contributed by atoms with van der Waals surface area (Å²) in [5, 5.41) is 4.75. The van der Waals surface area contributed by atoms with Crippen molar-refractivity contribution >= 4 is 44.5 Å². The molecule has 0 fully saturated rings. The Balaban J connectivity index is 1.53. The number of rotatable bonds is 7. The summed E-state index contributed by atoms with van der Waals surface area (Å²) in [5.41, 5.74) is 2.62. The molecule has 0 aliphatic rings. The Hall–Kier alpha value is -2.16. The zero-order chi connectivity index (χ0) is 20.1. The number of nitrogens with one attached hydrogen (secondary N) is 1. The van der Waals surface area contributed by atoms with Crippen molar-refractivity contribution < 1.29 is 13.2 Å². The highest BCUT2D eigenvalue weighted by Gasteiger charge is 2.16. The molecule has 3 rings (SSSR count). The van der Waals surface area contributed by atoms with Crippen LogP contribution < -0.4 is 5.32 Å². The Morgan fingerprint density at radius 1 is 1.07 bits per heavy atom. The van der Waals surface area contributed by atoms with E-state index in [1.54, 1.807) is 59.5 Å². The number of aromatic nitrogens is 1. The molecule has 0 radical (unpaired) electrons. The van der Waals surface area contributed by atoms with Crippen LogP contribution in [0.15, 0.2) is 68.0 Å². The number of aryl methyl sites for hydroxylation is 2. The molecule has 0 unspecified atom stereocenters. The average molecular weight is 433 g/mol. The van der Waals surface area contributed by atoms with Crippen LogP contribution in [0.25, 0.3) is 0 Å². The van der Waals surface area contributed by atoms with Crippen LogP contribution in [0.5, 0.6) is 0 Å². The largest absolute Gasteiger partial charge is 0.326 e. The normalized spacial score (nSPS) is 11.4. The maximum Gasteiger partial charge on any atom is 0.225 e. The summed E-state index contributed by atoms with van der Waals surface area (Å²) in [5.74, 6) is -0.550. The first-order valence-corrected chi connectivity index (χ1v) is 12.0. The van der Waals surface area contributed by atoms with Gasteiger partial charge < -0.3 is 5.32 Å². The molecule has 0 aliphatic carbocycles. The zero-order valence-electron chi connectivity index (χ0n) is 15.5. The molecular weight excluding hydrogens is 412 g/mol. The topological polar surface area (TPSA) is 76.1 Å². The molecule has 1 amide bonds. The number of thiazole rings is 1. The number of sulfone groups is 1. The third-order valence-corrected chi connectivity index (χ3v) is 7.72. The van der Waals surface area contributed by atoms with Crippen LogP contribution in [-0.2, 0) is 14.6 Å². The van der Waals surface area contributed by atoms with E-state index in [9.17, 15) is 13.2 Å². The second-order valence-electron chi connectivity index (χ2n) is 6.31. The molecule has 0 saturated carbocycles. The van der Waals surface area contributed by atoms with Crippen LogP contribution >= 0.6 is 23.1 Å². The van der Waals surface area contributed by atoms with Gasteiger partial charge in [-0.3, -0.25) is 4.79 Å². The quantitative estimate of drug-likeness (QED) is 0.585. The molecular formula is C20H20N2O3S3. The third-order valence-electron chi connectivity index (χ3n) is 3.92. The molecule has 8 heteroatoms. The van der Waals surface area contributed by atoms with Gasteiger partial charge in [-0.2, -0.15) is 0 Å². The van der Waals surface area contributed by atoms with Crippen molar-refractivity contribution in [3.05, 3.63) is 65.2 Å². The zero-order valence-corrected chi connectivity index (χ0v) is 18.0. The lowest BCUT2D eigenvalue weighted by Gasteiger charge is -2.07. The number of hydrogen-bond donors (Lipinski definition) is 1. The van der Waals surface area contributed by atoms with Gasteiger partial charge in [0.25, 0.3) is 0 Å². The Kier molecular flexibility index (Phi) is 6.53. The van der Waals surface area contributed by atoms with Crippen molar-refractivity contribution in [1.29, 1.82) is 0 Å². The number of benzene rings is 2. The lowest BCUT2D eigenvalue weighted by atomic mass is 10.2. The SMILES string of the molecule is Cc1ccc(S(=O)(=O)CCC(=O)Nc2ccc(Sc3nc(C)cs3)cc2)cc1. The summed E-state index contributed by atoms with van der Waals surface area (Å²) in [6, 6.07) is 14.1. The molecule has 28 heavy (non-hydrogen) atoms. The smallest absolute Gasteiger partial charge is 0.225 e. The van der Waals surface area contributed by atoms with Gasteiger partial charge in [0.15, 0.2) is 14.2 Å². The highest BCUT2D eigenvalue weighted by molar-refractivity contribution is 8.01. The van der Waals surface area contributed by atoms with Crippen molar-refractivity contribution in [2.75, 3.05) is 11.1 Å². The lowest BCUT2D eigenvalue weighted by Crippen LogP contribution is -2.17. The molecule has 146 valence electrons. The van der Waals surface area contributed by atoms with Crippen LogP contribution in [0.1, 0.15) is 17.7 Å². The molecule has 1 aromatic heterocycles. The first kappa shape index (κ1) is 20.6. The van der Waals surface area contributed by atoms with Crippen molar-refractivity contribution in [1.82, 2.24) is 4.98 Å². The van der Waals surface area contributed by atoms with Gasteiger partial charge >= 0.3 is 0 Å². The maximum absolute atomic E-state index is 12.3. The van der Waals surface area contributed by atoms with Crippen molar-refractivity contribution in [2.45, 2.75) is 34.4 Å². The van der Waals surface area contributed by atoms with E-state index in [4.69, 9.17) is 0 Å². The van der Waals surface area contributed by atoms with E-state index in [1.807, 2.05) is 31.4 Å². The molecule has 0 spiro atoms. The van der Waals surface area contributed by atoms with Gasteiger partial charge in [0.2, 0.25) is 5.91 Å². The third kappa shape index (κ3) is 5.67. The number of carbonyl (C=O) groups is 1. The number of anilines is 1. The number of carbonyl (C=O) groups excluding carboxylic acids is 1. The monoisotopic (exact) mass is 432 g/mol. The van der Waals surface area contributed by atoms with Crippen LogP contribution in [0.2, 0.25) is 0 Å². The first-order chi connectivity index (χ1) is 13.3. The molecule has 2 aromatic carbocycles. The number of hydrogen-bond acceptors (Lipinski definition) is 6. The van der Waals surface area contributed by atoms with E-state index in [0.29, 0.717) is 5.69 Å². The lowest BCUT2D eigenvalue weighted by molar-refractivity contribution is -0.115. The molecule has 0 bridgehead atoms. The molecule has 0 aliphatic heterocycles. The van der Waals surface area contributed by atoms with Crippen molar-refractivity contribution in [3.8, 4) is 0 Å². The minimum atomic E-state index is -3.47. The van der Waals surface area contributed by atoms with Gasteiger partial charge in [-0.05, 0) is 50.2 Å². The second kappa shape index (κ2) is 8.89. The van der Waals surface area contributed by atoms with E-state index >= 15 is 0 Å². The highest BCUT2D eigenvalue weighted by Crippen LogP contribution is 2.30. The van der Waals surface area contributed by atoms with E-state index < -0.39 is 9.84 Å². The van der Waals surface area contributed by atoms with Crippen LogP contribution in [-0.4, -0.2) is 25.1 Å². The predicted octanol–water partition coefficient (Wildman–Crippen LogP) is 4.71. The summed E-state index contributed by atoms with van der Waals surface area (Å²) in [4.78, 5) is 17.8. The van der Waals surface area contributed by atoms with Crippen LogP contribution in [0, 0.1) is 13.8 Å². The Morgan fingerprint density at radius 3 is 2.36 bits per heavy atom. The number of nitrogens with zero attached hydrogens (tertiary/aromatic N) is 1. The average Bonchev–Trinajstić information content (AvgIpc) is 3.07. The minimum Gasteiger partial charge on any atom is -0.326 e. The van der Waals surface area contributed by atoms with Crippen molar-refractivity contribution in [3.63, 3.8) is 0 Å². The van der Waals surface area contributed by atoms with Gasteiger partial charge in [-0.15, -0.1) is 11.3 Å². The van der Waals surface area contributed by atoms with E-state index in [2.05, 4.69) is 10.3 Å². The van der Waals surface area contributed by atoms with E-state index in [-0.39, 0.29) is 23.0 Å². The first-order valence-electron chi connectivity index (χ1n) is 8.61. The number of amides is 1. The highest BCUT2D eigenvalue weighted by atomic mass is 32.2. The van der Waals surface area contributed by atoms with Gasteiger partial charge in [-0.1, -0.05) is 29.5 Å². The minimum absolute atomic E-state index is 0.0922. The predicted molar refractivity (Wildman–Crippen MR) is 114 cm³/mol. The van der Waals surface area contributed by atoms with Crippen LogP contribution in [0.3, 0.4) is 0 Å². The molecule has 1 N–H and O–H groups in total. The summed E-state index contributed by atoms with van der Waals surface area (Å²) in [6.07, 6.45) is -0.0922. The summed E-state index contributed by atoms with van der Waals surface area (Å²) >= 11 is 3.16. The molecule has 0 saturated heterocycles. The van der Waals surface area contributed by atoms with Crippen molar-refractivity contribution in [2.24, 2.45) is 0 Å². The van der Waals surface area contributed by atoms with Gasteiger partial charge in [0.1, 0.15) is 0 Å². The maximum atomic E-state index is 12.3. The van der Waals surface area contributed by atoms with E-state index in [0.717, 1.165) is 20.5 Å². The van der Waals surface area contributed by atoms with E-state index in [1.165, 1.54) is 0 Å². The van der Waals surface area contributed by atoms with Gasteiger partial charge in [-0.25, -0.2) is 13.4 Å². The fraction of sp³-hybridized carbons (Fsp3) is 0.200. The summed E-state index contributed by atoms with van der Waals surface area (Å²) in [7, 11) is -3.47. The molecule has 0 atom stereocenters. The molecule has 5 nitrogen and oxygen atoms in total. The fourth-order valence-electron chi connectivity index (χ4n) is 2.40. The fourth-order valence-corrected chi connectivity index (χ4v) is 5.45. The summed E-state index contributed by atoms with van der Waals surface area (Å²) in [6.45, 7) is 3.85. The molecule has 3 aromatic rings. The second-order valence-corrected chi connectivity index (χ2v) is 10.6. The summed E-state index contributed by atoms with van der Waals surface area (Å²) < 4.78 is 25.6. The van der Waals surface area contributed by atoms with Gasteiger partial charge in [0.05, 0.1) is 10.6 Å². The Labute approximate surface area is 173 Å². The standard InChI is InChI=1S/C20H20N2O3S3/c1-14-3-9-18(10-4-14)28(24,25)12-11-19(23)22-16-5-7-17(8-6-16)27-20-21-15(2)13-26-20/h3-10,13H,11-12H2,1-2H3,(H,22,23).